The van der Waals surface area contributed by atoms with Gasteiger partial charge in [0.05, 0.1) is 16.8 Å². The highest BCUT2D eigenvalue weighted by Gasteiger charge is 2.34. The van der Waals surface area contributed by atoms with Gasteiger partial charge in [-0.2, -0.15) is 0 Å². The van der Waals surface area contributed by atoms with Crippen molar-refractivity contribution in [1.29, 1.82) is 0 Å². The lowest BCUT2D eigenvalue weighted by atomic mass is 9.87. The molecule has 1 aromatic rings. The Morgan fingerprint density at radius 1 is 1.59 bits per heavy atom. The zero-order valence-electron chi connectivity index (χ0n) is 10.4. The van der Waals surface area contributed by atoms with Crippen molar-refractivity contribution in [3.8, 4) is 0 Å². The first-order chi connectivity index (χ1) is 8.27. The molecule has 2 N–H and O–H groups in total. The third-order valence-electron chi connectivity index (χ3n) is 3.59. The van der Waals surface area contributed by atoms with Crippen LogP contribution in [0.2, 0.25) is 0 Å². The second-order valence-corrected chi connectivity index (χ2v) is 5.61. The van der Waals surface area contributed by atoms with E-state index >= 15 is 0 Å². The molecule has 2 atom stereocenters. The Labute approximate surface area is 111 Å². The molecule has 0 amide bonds. The Hall–Kier alpha value is -0.320. The van der Waals surface area contributed by atoms with Gasteiger partial charge >= 0.3 is 0 Å². The normalized spacial score (nSPS) is 26.3. The molecule has 1 aliphatic heterocycles. The Morgan fingerprint density at radius 2 is 2.41 bits per heavy atom. The summed E-state index contributed by atoms with van der Waals surface area (Å²) in [6, 6.07) is 2.32. The van der Waals surface area contributed by atoms with E-state index in [1.165, 1.54) is 19.3 Å². The number of piperidine rings is 1. The summed E-state index contributed by atoms with van der Waals surface area (Å²) in [6.07, 6.45) is 5.38. The molecule has 96 valence electrons. The lowest BCUT2D eigenvalue weighted by molar-refractivity contribution is 0.0791. The predicted molar refractivity (Wildman–Crippen MR) is 72.8 cm³/mol. The number of hydrogen-bond donors (Lipinski definition) is 1. The Morgan fingerprint density at radius 3 is 3.00 bits per heavy atom. The Bertz CT molecular complexity index is 351. The highest BCUT2D eigenvalue weighted by Crippen LogP contribution is 2.39. The second-order valence-electron chi connectivity index (χ2n) is 4.75. The van der Waals surface area contributed by atoms with Gasteiger partial charge in [-0.15, -0.1) is 0 Å². The number of halogens is 1. The van der Waals surface area contributed by atoms with Crippen LogP contribution in [0.1, 0.15) is 38.0 Å². The molecule has 1 saturated heterocycles. The first-order valence-electron chi connectivity index (χ1n) is 6.45. The summed E-state index contributed by atoms with van der Waals surface area (Å²) in [5.41, 5.74) is 5.92. The molecule has 3 nitrogen and oxygen atoms in total. The monoisotopic (exact) mass is 300 g/mol. The minimum Gasteiger partial charge on any atom is -0.466 e. The molecule has 1 aromatic heterocycles. The van der Waals surface area contributed by atoms with E-state index < -0.39 is 0 Å². The summed E-state index contributed by atoms with van der Waals surface area (Å²) in [5, 5.41) is 0. The molecule has 2 rings (SSSR count). The number of furan rings is 1. The van der Waals surface area contributed by atoms with E-state index in [1.54, 1.807) is 6.26 Å². The zero-order chi connectivity index (χ0) is 12.3. The van der Waals surface area contributed by atoms with Crippen molar-refractivity contribution in [3.05, 3.63) is 22.6 Å². The average molecular weight is 301 g/mol. The van der Waals surface area contributed by atoms with Gasteiger partial charge in [-0.25, -0.2) is 0 Å². The van der Waals surface area contributed by atoms with Crippen molar-refractivity contribution in [3.63, 3.8) is 0 Å². The molecule has 0 aliphatic carbocycles. The van der Waals surface area contributed by atoms with Gasteiger partial charge in [0, 0.05) is 0 Å². The largest absolute Gasteiger partial charge is 0.466 e. The maximum Gasteiger partial charge on any atom is 0.135 e. The standard InChI is InChI=1S/C13H21BrN2O/c1-2-6-16-7-3-4-10(9-15)12(16)13-11(14)5-8-17-13/h5,8,10,12H,2-4,6-7,9,15H2,1H3. The van der Waals surface area contributed by atoms with Crippen LogP contribution in [0.25, 0.3) is 0 Å². The third-order valence-corrected chi connectivity index (χ3v) is 4.24. The van der Waals surface area contributed by atoms with Crippen LogP contribution in [0.3, 0.4) is 0 Å². The number of likely N-dealkylation sites (tertiary alicyclic amines) is 1. The second kappa shape index (κ2) is 6.03. The number of rotatable bonds is 4. The summed E-state index contributed by atoms with van der Waals surface area (Å²) in [4.78, 5) is 2.52. The van der Waals surface area contributed by atoms with Gasteiger partial charge < -0.3 is 10.2 Å². The topological polar surface area (TPSA) is 42.4 Å². The lowest BCUT2D eigenvalue weighted by Crippen LogP contribution is -2.41. The summed E-state index contributed by atoms with van der Waals surface area (Å²) in [7, 11) is 0. The van der Waals surface area contributed by atoms with E-state index in [4.69, 9.17) is 10.2 Å². The molecule has 0 bridgehead atoms. The molecule has 1 fully saturated rings. The number of nitrogens with zero attached hydrogens (tertiary/aromatic N) is 1. The smallest absolute Gasteiger partial charge is 0.135 e. The van der Waals surface area contributed by atoms with Crippen LogP contribution in [0, 0.1) is 5.92 Å². The van der Waals surface area contributed by atoms with E-state index in [0.717, 1.165) is 29.9 Å². The van der Waals surface area contributed by atoms with Crippen molar-refractivity contribution >= 4 is 15.9 Å². The van der Waals surface area contributed by atoms with Crippen LogP contribution in [0.4, 0.5) is 0 Å². The van der Waals surface area contributed by atoms with Gasteiger partial charge in [-0.05, 0) is 66.8 Å². The molecule has 0 spiro atoms. The van der Waals surface area contributed by atoms with Gasteiger partial charge in [-0.3, -0.25) is 4.90 Å². The van der Waals surface area contributed by atoms with Crippen molar-refractivity contribution in [1.82, 2.24) is 4.90 Å². The molecule has 0 radical (unpaired) electrons. The van der Waals surface area contributed by atoms with Crippen LogP contribution >= 0.6 is 15.9 Å². The van der Waals surface area contributed by atoms with Crippen LogP contribution < -0.4 is 5.73 Å². The van der Waals surface area contributed by atoms with E-state index in [2.05, 4.69) is 27.8 Å². The molecule has 17 heavy (non-hydrogen) atoms. The molecule has 2 unspecified atom stereocenters. The molecule has 2 heterocycles. The van der Waals surface area contributed by atoms with Gasteiger partial charge in [0.2, 0.25) is 0 Å². The number of nitrogens with two attached hydrogens (primary N) is 1. The Kier molecular flexibility index (Phi) is 4.65. The van der Waals surface area contributed by atoms with Crippen LogP contribution in [0.15, 0.2) is 21.2 Å². The summed E-state index contributed by atoms with van der Waals surface area (Å²) < 4.78 is 6.74. The first-order valence-corrected chi connectivity index (χ1v) is 7.24. The van der Waals surface area contributed by atoms with E-state index in [1.807, 2.05) is 6.07 Å². The van der Waals surface area contributed by atoms with Crippen molar-refractivity contribution in [2.24, 2.45) is 11.7 Å². The van der Waals surface area contributed by atoms with Crippen LogP contribution in [0.5, 0.6) is 0 Å². The maximum absolute atomic E-state index is 5.92. The quantitative estimate of drug-likeness (QED) is 0.929. The van der Waals surface area contributed by atoms with Gasteiger partial charge in [0.15, 0.2) is 0 Å². The highest BCUT2D eigenvalue weighted by atomic mass is 79.9. The highest BCUT2D eigenvalue weighted by molar-refractivity contribution is 9.10. The minimum absolute atomic E-state index is 0.345. The fourth-order valence-corrected chi connectivity index (χ4v) is 3.27. The molecule has 0 aromatic carbocycles. The first kappa shape index (κ1) is 13.1. The van der Waals surface area contributed by atoms with E-state index in [9.17, 15) is 0 Å². The zero-order valence-corrected chi connectivity index (χ0v) is 11.9. The summed E-state index contributed by atoms with van der Waals surface area (Å²) in [6.45, 7) is 5.23. The van der Waals surface area contributed by atoms with Crippen LogP contribution in [-0.2, 0) is 0 Å². The molecular weight excluding hydrogens is 280 g/mol. The van der Waals surface area contributed by atoms with Crippen LogP contribution in [-0.4, -0.2) is 24.5 Å². The average Bonchev–Trinajstić information content (AvgIpc) is 2.75. The molecule has 4 heteroatoms. The third kappa shape index (κ3) is 2.75. The fraction of sp³-hybridized carbons (Fsp3) is 0.692. The van der Waals surface area contributed by atoms with Gasteiger partial charge in [0.25, 0.3) is 0 Å². The minimum atomic E-state index is 0.345. The van der Waals surface area contributed by atoms with Crippen molar-refractivity contribution in [2.75, 3.05) is 19.6 Å². The Balaban J connectivity index is 2.25. The van der Waals surface area contributed by atoms with E-state index in [-0.39, 0.29) is 0 Å². The molecule has 0 saturated carbocycles. The lowest BCUT2D eigenvalue weighted by Gasteiger charge is -2.40. The fourth-order valence-electron chi connectivity index (χ4n) is 2.83. The maximum atomic E-state index is 5.92. The van der Waals surface area contributed by atoms with Gasteiger partial charge in [0.1, 0.15) is 5.76 Å². The van der Waals surface area contributed by atoms with E-state index in [0.29, 0.717) is 12.0 Å². The SMILES string of the molecule is CCCN1CCCC(CN)C1c1occc1Br. The number of hydrogen-bond acceptors (Lipinski definition) is 3. The van der Waals surface area contributed by atoms with Crippen molar-refractivity contribution in [2.45, 2.75) is 32.2 Å². The predicted octanol–water partition coefficient (Wildman–Crippen LogP) is 3.16. The molecule has 1 aliphatic rings. The summed E-state index contributed by atoms with van der Waals surface area (Å²) >= 11 is 3.58. The molecular formula is C13H21BrN2O. The summed E-state index contributed by atoms with van der Waals surface area (Å²) in [5.74, 6) is 1.56. The van der Waals surface area contributed by atoms with Crippen molar-refractivity contribution < 1.29 is 4.42 Å². The van der Waals surface area contributed by atoms with Gasteiger partial charge in [-0.1, -0.05) is 6.92 Å².